The van der Waals surface area contributed by atoms with Gasteiger partial charge in [-0.3, -0.25) is 14.8 Å². The Morgan fingerprint density at radius 3 is 2.52 bits per heavy atom. The molecule has 4 N–H and O–H groups in total. The van der Waals surface area contributed by atoms with Gasteiger partial charge in [-0.2, -0.15) is 0 Å². The fourth-order valence-electron chi connectivity index (χ4n) is 3.09. The van der Waals surface area contributed by atoms with Crippen molar-refractivity contribution in [2.75, 3.05) is 18.5 Å². The van der Waals surface area contributed by atoms with Crippen LogP contribution in [0.25, 0.3) is 11.3 Å². The van der Waals surface area contributed by atoms with Gasteiger partial charge in [-0.05, 0) is 35.7 Å². The van der Waals surface area contributed by atoms with Crippen LogP contribution in [0.1, 0.15) is 35.7 Å². The SMILES string of the molecule is CC(C)c1cnc(-c2ccccc2F)cc1Nc1ccncc1C(=O)NC(CO)CO. The molecule has 8 heteroatoms. The van der Waals surface area contributed by atoms with Crippen molar-refractivity contribution in [3.05, 3.63) is 71.9 Å². The molecule has 0 aliphatic heterocycles. The van der Waals surface area contributed by atoms with Crippen LogP contribution in [0.5, 0.6) is 0 Å². The number of rotatable bonds is 8. The smallest absolute Gasteiger partial charge is 0.255 e. The number of carbonyl (C=O) groups is 1. The van der Waals surface area contributed by atoms with Gasteiger partial charge in [0.1, 0.15) is 5.82 Å². The van der Waals surface area contributed by atoms with Gasteiger partial charge in [0.2, 0.25) is 0 Å². The molecular weight excluding hydrogens is 399 g/mol. The van der Waals surface area contributed by atoms with Gasteiger partial charge >= 0.3 is 0 Å². The van der Waals surface area contributed by atoms with Crippen LogP contribution in [0.3, 0.4) is 0 Å². The van der Waals surface area contributed by atoms with Gasteiger partial charge in [0.15, 0.2) is 0 Å². The number of hydrogen-bond donors (Lipinski definition) is 4. The summed E-state index contributed by atoms with van der Waals surface area (Å²) >= 11 is 0. The summed E-state index contributed by atoms with van der Waals surface area (Å²) in [7, 11) is 0. The van der Waals surface area contributed by atoms with Gasteiger partial charge in [-0.25, -0.2) is 4.39 Å². The number of aliphatic hydroxyl groups is 2. The summed E-state index contributed by atoms with van der Waals surface area (Å²) in [6, 6.07) is 9.02. The highest BCUT2D eigenvalue weighted by molar-refractivity contribution is 6.00. The number of aromatic nitrogens is 2. The third-order valence-corrected chi connectivity index (χ3v) is 4.82. The molecule has 162 valence electrons. The minimum Gasteiger partial charge on any atom is -0.394 e. The van der Waals surface area contributed by atoms with Crippen LogP contribution >= 0.6 is 0 Å². The lowest BCUT2D eigenvalue weighted by Crippen LogP contribution is -2.40. The van der Waals surface area contributed by atoms with Crippen LogP contribution in [0.15, 0.2) is 55.0 Å². The Morgan fingerprint density at radius 1 is 1.10 bits per heavy atom. The molecule has 0 unspecified atom stereocenters. The summed E-state index contributed by atoms with van der Waals surface area (Å²) in [6.07, 6.45) is 4.64. The predicted molar refractivity (Wildman–Crippen MR) is 117 cm³/mol. The highest BCUT2D eigenvalue weighted by Gasteiger charge is 2.18. The predicted octanol–water partition coefficient (Wildman–Crippen LogP) is 3.23. The Hall–Kier alpha value is -3.36. The van der Waals surface area contributed by atoms with E-state index in [2.05, 4.69) is 20.6 Å². The Balaban J connectivity index is 2.00. The number of anilines is 2. The standard InChI is InChI=1S/C23H25FN4O3/c1-14(2)17-11-26-21(16-5-3-4-6-19(16)24)9-22(17)28-20-7-8-25-10-18(20)23(31)27-15(12-29)13-30/h3-11,14-15,29-30H,12-13H2,1-2H3,(H,27,31)(H,25,26,28). The molecule has 3 rings (SSSR count). The molecule has 2 aromatic heterocycles. The van der Waals surface area contributed by atoms with E-state index in [0.717, 1.165) is 5.56 Å². The number of carbonyl (C=O) groups excluding carboxylic acids is 1. The van der Waals surface area contributed by atoms with E-state index in [1.807, 2.05) is 13.8 Å². The molecule has 0 aliphatic rings. The molecule has 1 amide bonds. The molecule has 0 saturated heterocycles. The third kappa shape index (κ3) is 5.22. The van der Waals surface area contributed by atoms with Crippen LogP contribution in [0, 0.1) is 5.82 Å². The van der Waals surface area contributed by atoms with Gasteiger partial charge in [-0.1, -0.05) is 26.0 Å². The number of benzene rings is 1. The molecule has 0 fully saturated rings. The fraction of sp³-hybridized carbons (Fsp3) is 0.261. The molecule has 0 bridgehead atoms. The summed E-state index contributed by atoms with van der Waals surface area (Å²) in [6.45, 7) is 3.24. The van der Waals surface area contributed by atoms with Crippen LogP contribution in [-0.2, 0) is 0 Å². The Bertz CT molecular complexity index is 1050. The Labute approximate surface area is 180 Å². The molecular formula is C23H25FN4O3. The Morgan fingerprint density at radius 2 is 1.84 bits per heavy atom. The first-order valence-electron chi connectivity index (χ1n) is 9.93. The lowest BCUT2D eigenvalue weighted by atomic mass is 10.0. The minimum atomic E-state index is -0.777. The first-order valence-corrected chi connectivity index (χ1v) is 9.93. The maximum Gasteiger partial charge on any atom is 0.255 e. The number of halogens is 1. The van der Waals surface area contributed by atoms with Crippen LogP contribution in [0.4, 0.5) is 15.8 Å². The minimum absolute atomic E-state index is 0.122. The van der Waals surface area contributed by atoms with E-state index in [0.29, 0.717) is 22.6 Å². The van der Waals surface area contributed by atoms with Crippen molar-refractivity contribution in [1.29, 1.82) is 0 Å². The average Bonchev–Trinajstić information content (AvgIpc) is 2.77. The quantitative estimate of drug-likeness (QED) is 0.442. The second-order valence-corrected chi connectivity index (χ2v) is 7.37. The van der Waals surface area contributed by atoms with Crippen molar-refractivity contribution in [2.24, 2.45) is 0 Å². The first-order chi connectivity index (χ1) is 14.9. The monoisotopic (exact) mass is 424 g/mol. The van der Waals surface area contributed by atoms with Gasteiger partial charge in [0.25, 0.3) is 5.91 Å². The summed E-state index contributed by atoms with van der Waals surface area (Å²) in [5, 5.41) is 24.3. The molecule has 31 heavy (non-hydrogen) atoms. The third-order valence-electron chi connectivity index (χ3n) is 4.82. The topological polar surface area (TPSA) is 107 Å². The molecule has 3 aromatic rings. The normalized spacial score (nSPS) is 11.1. The van der Waals surface area contributed by atoms with Crippen molar-refractivity contribution < 1.29 is 19.4 Å². The van der Waals surface area contributed by atoms with Crippen molar-refractivity contribution in [1.82, 2.24) is 15.3 Å². The molecule has 7 nitrogen and oxygen atoms in total. The van der Waals surface area contributed by atoms with E-state index in [-0.39, 0.29) is 30.5 Å². The molecule has 0 aliphatic carbocycles. The summed E-state index contributed by atoms with van der Waals surface area (Å²) in [5.41, 5.74) is 3.15. The highest BCUT2D eigenvalue weighted by Crippen LogP contribution is 2.32. The number of nitrogens with one attached hydrogen (secondary N) is 2. The van der Waals surface area contributed by atoms with E-state index >= 15 is 0 Å². The lowest BCUT2D eigenvalue weighted by Gasteiger charge is -2.19. The molecule has 2 heterocycles. The van der Waals surface area contributed by atoms with Crippen molar-refractivity contribution >= 4 is 17.3 Å². The van der Waals surface area contributed by atoms with Crippen LogP contribution in [0.2, 0.25) is 0 Å². The average molecular weight is 424 g/mol. The first kappa shape index (κ1) is 22.3. The van der Waals surface area contributed by atoms with Gasteiger partial charge < -0.3 is 20.8 Å². The molecule has 0 radical (unpaired) electrons. The molecule has 1 aromatic carbocycles. The maximum absolute atomic E-state index is 14.3. The van der Waals surface area contributed by atoms with E-state index in [9.17, 15) is 19.4 Å². The zero-order chi connectivity index (χ0) is 22.4. The lowest BCUT2D eigenvalue weighted by molar-refractivity contribution is 0.0880. The van der Waals surface area contributed by atoms with Crippen LogP contribution < -0.4 is 10.6 Å². The van der Waals surface area contributed by atoms with Crippen molar-refractivity contribution in [3.63, 3.8) is 0 Å². The molecule has 0 spiro atoms. The largest absolute Gasteiger partial charge is 0.394 e. The summed E-state index contributed by atoms with van der Waals surface area (Å²) in [4.78, 5) is 21.1. The van der Waals surface area contributed by atoms with Gasteiger partial charge in [0, 0.05) is 29.8 Å². The second kappa shape index (κ2) is 10.1. The number of pyridine rings is 2. The number of hydrogen-bond acceptors (Lipinski definition) is 6. The van der Waals surface area contributed by atoms with E-state index in [1.54, 1.807) is 42.7 Å². The Kier molecular flexibility index (Phi) is 7.28. The van der Waals surface area contributed by atoms with Crippen molar-refractivity contribution in [2.45, 2.75) is 25.8 Å². The van der Waals surface area contributed by atoms with Crippen LogP contribution in [-0.4, -0.2) is 45.3 Å². The van der Waals surface area contributed by atoms with Crippen molar-refractivity contribution in [3.8, 4) is 11.3 Å². The zero-order valence-corrected chi connectivity index (χ0v) is 17.3. The molecule has 0 atom stereocenters. The number of nitrogens with zero attached hydrogens (tertiary/aromatic N) is 2. The zero-order valence-electron chi connectivity index (χ0n) is 17.3. The van der Waals surface area contributed by atoms with E-state index in [4.69, 9.17) is 0 Å². The highest BCUT2D eigenvalue weighted by atomic mass is 19.1. The summed E-state index contributed by atoms with van der Waals surface area (Å²) in [5.74, 6) is -0.739. The van der Waals surface area contributed by atoms with E-state index < -0.39 is 11.9 Å². The van der Waals surface area contributed by atoms with E-state index in [1.165, 1.54) is 12.3 Å². The second-order valence-electron chi connectivity index (χ2n) is 7.37. The fourth-order valence-corrected chi connectivity index (χ4v) is 3.09. The summed E-state index contributed by atoms with van der Waals surface area (Å²) < 4.78 is 14.3. The maximum atomic E-state index is 14.3. The van der Waals surface area contributed by atoms with Gasteiger partial charge in [-0.15, -0.1) is 0 Å². The number of aliphatic hydroxyl groups excluding tert-OH is 2. The number of amides is 1. The van der Waals surface area contributed by atoms with Gasteiger partial charge in [0.05, 0.1) is 36.2 Å². The molecule has 0 saturated carbocycles.